The molecule has 2 aromatic rings. The topological polar surface area (TPSA) is 88.2 Å². The van der Waals surface area contributed by atoms with Crippen LogP contribution in [0.25, 0.3) is 0 Å². The predicted octanol–water partition coefficient (Wildman–Crippen LogP) is 2.90. The molecule has 8 heteroatoms. The number of nitrogens with one attached hydrogen (secondary N) is 2. The summed E-state index contributed by atoms with van der Waals surface area (Å²) in [5.41, 5.74) is 0. The van der Waals surface area contributed by atoms with E-state index >= 15 is 0 Å². The number of aromatic nitrogens is 3. The zero-order chi connectivity index (χ0) is 18.1. The number of thiazole rings is 1. The Hall–Kier alpha value is -1.96. The Morgan fingerprint density at radius 2 is 2.16 bits per heavy atom. The first kappa shape index (κ1) is 19.4. The van der Waals surface area contributed by atoms with E-state index in [1.54, 1.807) is 11.3 Å². The van der Waals surface area contributed by atoms with Crippen molar-refractivity contribution in [3.8, 4) is 0 Å². The number of guanidine groups is 1. The summed E-state index contributed by atoms with van der Waals surface area (Å²) in [7, 11) is 0. The lowest BCUT2D eigenvalue weighted by molar-refractivity contribution is 0.368. The molecule has 2 N–H and O–H groups in total. The van der Waals surface area contributed by atoms with Crippen molar-refractivity contribution in [3.63, 3.8) is 0 Å². The van der Waals surface area contributed by atoms with Crippen LogP contribution in [0.1, 0.15) is 61.6 Å². The summed E-state index contributed by atoms with van der Waals surface area (Å²) in [5, 5.41) is 11.6. The molecule has 25 heavy (non-hydrogen) atoms. The van der Waals surface area contributed by atoms with Crippen LogP contribution in [0.5, 0.6) is 0 Å². The second-order valence-corrected chi connectivity index (χ2v) is 7.20. The van der Waals surface area contributed by atoms with E-state index in [0.29, 0.717) is 18.4 Å². The van der Waals surface area contributed by atoms with Gasteiger partial charge in [-0.3, -0.25) is 0 Å². The smallest absolute Gasteiger partial charge is 0.226 e. The molecular formula is C17H28N6OS. The molecule has 0 atom stereocenters. The molecule has 0 spiro atoms. The fraction of sp³-hybridized carbons (Fsp3) is 0.647. The highest BCUT2D eigenvalue weighted by Crippen LogP contribution is 2.14. The normalized spacial score (nSPS) is 12.0. The van der Waals surface area contributed by atoms with Gasteiger partial charge in [-0.25, -0.2) is 9.98 Å². The molecule has 0 bridgehead atoms. The molecule has 0 aliphatic carbocycles. The van der Waals surface area contributed by atoms with E-state index in [1.165, 1.54) is 4.88 Å². The van der Waals surface area contributed by atoms with Gasteiger partial charge in [-0.15, -0.1) is 11.3 Å². The van der Waals surface area contributed by atoms with E-state index in [-0.39, 0.29) is 0 Å². The van der Waals surface area contributed by atoms with Gasteiger partial charge in [-0.05, 0) is 19.8 Å². The summed E-state index contributed by atoms with van der Waals surface area (Å²) in [6.45, 7) is 10.5. The fourth-order valence-corrected chi connectivity index (χ4v) is 2.91. The molecule has 0 fully saturated rings. The van der Waals surface area contributed by atoms with Gasteiger partial charge in [0.1, 0.15) is 5.01 Å². The number of hydrogen-bond acceptors (Lipinski definition) is 6. The molecule has 7 nitrogen and oxygen atoms in total. The Kier molecular flexibility index (Phi) is 7.84. The van der Waals surface area contributed by atoms with Crippen molar-refractivity contribution in [1.29, 1.82) is 0 Å². The molecule has 0 aromatic carbocycles. The third-order valence-electron chi connectivity index (χ3n) is 3.53. The van der Waals surface area contributed by atoms with Crippen molar-refractivity contribution < 1.29 is 4.52 Å². The first-order chi connectivity index (χ1) is 12.1. The van der Waals surface area contributed by atoms with Crippen LogP contribution in [-0.4, -0.2) is 34.2 Å². The largest absolute Gasteiger partial charge is 0.357 e. The highest BCUT2D eigenvalue weighted by Gasteiger charge is 2.09. The highest BCUT2D eigenvalue weighted by atomic mass is 32.1. The Morgan fingerprint density at radius 1 is 1.32 bits per heavy atom. The molecule has 0 radical (unpaired) electrons. The van der Waals surface area contributed by atoms with E-state index in [0.717, 1.165) is 49.1 Å². The van der Waals surface area contributed by atoms with Gasteiger partial charge in [0.15, 0.2) is 11.8 Å². The molecule has 0 aliphatic rings. The second kappa shape index (κ2) is 10.1. The molecule has 138 valence electrons. The molecule has 0 saturated carbocycles. The van der Waals surface area contributed by atoms with Gasteiger partial charge in [-0.1, -0.05) is 25.9 Å². The SMILES string of the molecule is CCNC(=NCc1ncc(CC)s1)NCCCc1nc(C(C)C)no1. The summed E-state index contributed by atoms with van der Waals surface area (Å²) in [5.74, 6) is 2.57. The van der Waals surface area contributed by atoms with E-state index in [9.17, 15) is 0 Å². The molecule has 0 saturated heterocycles. The minimum Gasteiger partial charge on any atom is -0.357 e. The lowest BCUT2D eigenvalue weighted by Crippen LogP contribution is -2.37. The first-order valence-corrected chi connectivity index (χ1v) is 9.72. The summed E-state index contributed by atoms with van der Waals surface area (Å²) in [6, 6.07) is 0. The van der Waals surface area contributed by atoms with Crippen molar-refractivity contribution in [2.75, 3.05) is 13.1 Å². The summed E-state index contributed by atoms with van der Waals surface area (Å²) < 4.78 is 5.26. The van der Waals surface area contributed by atoms with Crippen LogP contribution in [0, 0.1) is 0 Å². The van der Waals surface area contributed by atoms with E-state index < -0.39 is 0 Å². The van der Waals surface area contributed by atoms with Crippen LogP contribution in [0.2, 0.25) is 0 Å². The molecule has 0 aliphatic heterocycles. The first-order valence-electron chi connectivity index (χ1n) is 8.90. The fourth-order valence-electron chi connectivity index (χ4n) is 2.12. The Bertz CT molecular complexity index is 664. The van der Waals surface area contributed by atoms with Crippen LogP contribution < -0.4 is 10.6 Å². The number of rotatable bonds is 9. The van der Waals surface area contributed by atoms with Crippen molar-refractivity contribution in [2.24, 2.45) is 4.99 Å². The van der Waals surface area contributed by atoms with Gasteiger partial charge >= 0.3 is 0 Å². The van der Waals surface area contributed by atoms with Crippen LogP contribution in [0.4, 0.5) is 0 Å². The predicted molar refractivity (Wildman–Crippen MR) is 101 cm³/mol. The molecule has 2 rings (SSSR count). The standard InChI is InChI=1S/C17H28N6OS/c1-5-13-10-20-15(25-13)11-21-17(18-6-2)19-9-7-8-14-22-16(12(3)4)23-24-14/h10,12H,5-9,11H2,1-4H3,(H2,18,19,21). The van der Waals surface area contributed by atoms with Gasteiger partial charge in [0.2, 0.25) is 5.89 Å². The third kappa shape index (κ3) is 6.45. The minimum atomic E-state index is 0.294. The maximum absolute atomic E-state index is 5.26. The lowest BCUT2D eigenvalue weighted by Gasteiger charge is -2.10. The molecule has 0 amide bonds. The van der Waals surface area contributed by atoms with Crippen LogP contribution in [0.15, 0.2) is 15.7 Å². The molecule has 0 unspecified atom stereocenters. The van der Waals surface area contributed by atoms with Crippen LogP contribution in [0.3, 0.4) is 0 Å². The van der Waals surface area contributed by atoms with Gasteiger partial charge < -0.3 is 15.2 Å². The summed E-state index contributed by atoms with van der Waals surface area (Å²) >= 11 is 1.72. The van der Waals surface area contributed by atoms with Crippen LogP contribution >= 0.6 is 11.3 Å². The minimum absolute atomic E-state index is 0.294. The van der Waals surface area contributed by atoms with Crippen molar-refractivity contribution >= 4 is 17.3 Å². The van der Waals surface area contributed by atoms with Gasteiger partial charge in [0.05, 0.1) is 6.54 Å². The van der Waals surface area contributed by atoms with Crippen molar-refractivity contribution in [3.05, 3.63) is 27.8 Å². The zero-order valence-electron chi connectivity index (χ0n) is 15.5. The van der Waals surface area contributed by atoms with Crippen molar-refractivity contribution in [1.82, 2.24) is 25.8 Å². The van der Waals surface area contributed by atoms with Gasteiger partial charge in [0.25, 0.3) is 0 Å². The average Bonchev–Trinajstić information content (AvgIpc) is 3.25. The average molecular weight is 365 g/mol. The number of aliphatic imine (C=N–C) groups is 1. The van der Waals surface area contributed by atoms with E-state index in [1.807, 2.05) is 6.20 Å². The summed E-state index contributed by atoms with van der Waals surface area (Å²) in [4.78, 5) is 14.7. The van der Waals surface area contributed by atoms with Gasteiger partial charge in [0, 0.05) is 36.5 Å². The molecule has 2 aromatic heterocycles. The Labute approximate surface area is 153 Å². The van der Waals surface area contributed by atoms with Crippen molar-refractivity contribution in [2.45, 2.75) is 59.4 Å². The Balaban J connectivity index is 1.77. The Morgan fingerprint density at radius 3 is 2.80 bits per heavy atom. The van der Waals surface area contributed by atoms with E-state index in [4.69, 9.17) is 4.52 Å². The molecule has 2 heterocycles. The van der Waals surface area contributed by atoms with Crippen LogP contribution in [-0.2, 0) is 19.4 Å². The van der Waals surface area contributed by atoms with E-state index in [2.05, 4.69) is 58.4 Å². The number of hydrogen-bond donors (Lipinski definition) is 2. The highest BCUT2D eigenvalue weighted by molar-refractivity contribution is 7.11. The second-order valence-electron chi connectivity index (χ2n) is 6.00. The monoisotopic (exact) mass is 364 g/mol. The lowest BCUT2D eigenvalue weighted by atomic mass is 10.2. The number of nitrogens with zero attached hydrogens (tertiary/aromatic N) is 4. The number of aryl methyl sites for hydroxylation is 2. The molecular weight excluding hydrogens is 336 g/mol. The maximum atomic E-state index is 5.26. The summed E-state index contributed by atoms with van der Waals surface area (Å²) in [6.07, 6.45) is 4.62. The third-order valence-corrected chi connectivity index (χ3v) is 4.65. The van der Waals surface area contributed by atoms with Gasteiger partial charge in [-0.2, -0.15) is 4.98 Å². The quantitative estimate of drug-likeness (QED) is 0.404. The maximum Gasteiger partial charge on any atom is 0.226 e. The zero-order valence-corrected chi connectivity index (χ0v) is 16.3.